The molecule has 2 aromatic carbocycles. The number of rotatable bonds is 4. The topological polar surface area (TPSA) is 54.9 Å². The Balaban J connectivity index is 1.17. The number of amides is 1. The Hall–Kier alpha value is -2.61. The van der Waals surface area contributed by atoms with Gasteiger partial charge in [-0.15, -0.1) is 11.3 Å². The van der Waals surface area contributed by atoms with Crippen molar-refractivity contribution in [2.75, 3.05) is 39.4 Å². The number of nitrogens with zero attached hydrogens (tertiary/aromatic N) is 3. The lowest BCUT2D eigenvalue weighted by molar-refractivity contribution is -0.127. The highest BCUT2D eigenvalue weighted by molar-refractivity contribution is 7.18. The molecule has 160 valence electrons. The number of fused-ring (bicyclic) bond motifs is 2. The molecule has 0 aliphatic carbocycles. The van der Waals surface area contributed by atoms with Gasteiger partial charge < -0.3 is 14.4 Å². The molecule has 2 aliphatic heterocycles. The van der Waals surface area contributed by atoms with Gasteiger partial charge in [0.1, 0.15) is 18.2 Å². The minimum atomic E-state index is 0.00523. The summed E-state index contributed by atoms with van der Waals surface area (Å²) in [5, 5.41) is 1.61. The molecule has 3 aromatic rings. The first kappa shape index (κ1) is 20.3. The maximum Gasteiger partial charge on any atom is 0.246 e. The zero-order valence-electron chi connectivity index (χ0n) is 16.9. The summed E-state index contributed by atoms with van der Waals surface area (Å²) in [4.78, 5) is 21.6. The van der Waals surface area contributed by atoms with Crippen LogP contribution in [0.4, 0.5) is 0 Å². The van der Waals surface area contributed by atoms with E-state index in [1.807, 2.05) is 29.2 Å². The van der Waals surface area contributed by atoms with Crippen LogP contribution in [-0.4, -0.2) is 60.1 Å². The van der Waals surface area contributed by atoms with Crippen LogP contribution in [0.3, 0.4) is 0 Å². The molecular weight excluding hydrogens is 434 g/mol. The number of hydrogen-bond acceptors (Lipinski definition) is 6. The van der Waals surface area contributed by atoms with E-state index in [1.54, 1.807) is 29.6 Å². The number of piperazine rings is 1. The third-order valence-electron chi connectivity index (χ3n) is 5.42. The van der Waals surface area contributed by atoms with Crippen LogP contribution in [0.2, 0.25) is 5.02 Å². The first-order chi connectivity index (χ1) is 15.2. The Morgan fingerprint density at radius 1 is 1.13 bits per heavy atom. The summed E-state index contributed by atoms with van der Waals surface area (Å²) >= 11 is 8.02. The normalized spacial score (nSPS) is 16.9. The van der Waals surface area contributed by atoms with E-state index < -0.39 is 0 Å². The van der Waals surface area contributed by atoms with E-state index in [4.69, 9.17) is 26.1 Å². The largest absolute Gasteiger partial charge is 0.486 e. The van der Waals surface area contributed by atoms with Crippen LogP contribution in [0.15, 0.2) is 42.5 Å². The summed E-state index contributed by atoms with van der Waals surface area (Å²) in [5.74, 6) is 1.20. The second-order valence-electron chi connectivity index (χ2n) is 7.54. The van der Waals surface area contributed by atoms with Crippen molar-refractivity contribution in [3.05, 3.63) is 58.1 Å². The number of hydrogen-bond donors (Lipinski definition) is 0. The summed E-state index contributed by atoms with van der Waals surface area (Å²) in [7, 11) is 0. The van der Waals surface area contributed by atoms with Crippen molar-refractivity contribution in [1.82, 2.24) is 14.8 Å². The molecule has 1 fully saturated rings. The zero-order chi connectivity index (χ0) is 21.2. The molecule has 0 bridgehead atoms. The lowest BCUT2D eigenvalue weighted by Crippen LogP contribution is -2.47. The quantitative estimate of drug-likeness (QED) is 0.555. The second-order valence-corrected chi connectivity index (χ2v) is 9.06. The van der Waals surface area contributed by atoms with Crippen molar-refractivity contribution < 1.29 is 14.3 Å². The number of aromatic nitrogens is 1. The number of halogens is 1. The molecule has 1 amide bonds. The Bertz CT molecular complexity index is 1110. The van der Waals surface area contributed by atoms with E-state index >= 15 is 0 Å². The Morgan fingerprint density at radius 2 is 1.94 bits per heavy atom. The molecule has 0 saturated carbocycles. The predicted octanol–water partition coefficient (Wildman–Crippen LogP) is 4.08. The van der Waals surface area contributed by atoms with Crippen molar-refractivity contribution in [2.45, 2.75) is 6.54 Å². The van der Waals surface area contributed by atoms with E-state index in [-0.39, 0.29) is 5.91 Å². The van der Waals surface area contributed by atoms with Gasteiger partial charge in [0.05, 0.1) is 21.8 Å². The van der Waals surface area contributed by atoms with Gasteiger partial charge in [-0.1, -0.05) is 23.7 Å². The van der Waals surface area contributed by atoms with Gasteiger partial charge in [-0.3, -0.25) is 9.69 Å². The van der Waals surface area contributed by atoms with E-state index in [0.29, 0.717) is 42.8 Å². The number of ether oxygens (including phenoxy) is 2. The highest BCUT2D eigenvalue weighted by atomic mass is 35.5. The van der Waals surface area contributed by atoms with Gasteiger partial charge in [-0.25, -0.2) is 4.98 Å². The number of carbonyl (C=O) groups excluding carboxylic acids is 1. The van der Waals surface area contributed by atoms with Crippen LogP contribution >= 0.6 is 22.9 Å². The fourth-order valence-corrected chi connectivity index (χ4v) is 5.09. The van der Waals surface area contributed by atoms with Crippen LogP contribution < -0.4 is 9.47 Å². The third kappa shape index (κ3) is 4.54. The molecule has 1 aromatic heterocycles. The van der Waals surface area contributed by atoms with Gasteiger partial charge in [0.2, 0.25) is 5.91 Å². The van der Waals surface area contributed by atoms with Crippen LogP contribution in [0, 0.1) is 0 Å². The van der Waals surface area contributed by atoms with Crippen LogP contribution in [0.25, 0.3) is 16.3 Å². The molecule has 3 heterocycles. The van der Waals surface area contributed by atoms with Crippen LogP contribution in [-0.2, 0) is 11.3 Å². The van der Waals surface area contributed by atoms with Gasteiger partial charge in [-0.2, -0.15) is 0 Å². The number of para-hydroxylation sites is 1. The monoisotopic (exact) mass is 455 g/mol. The van der Waals surface area contributed by atoms with Gasteiger partial charge >= 0.3 is 0 Å². The van der Waals surface area contributed by atoms with E-state index in [0.717, 1.165) is 35.7 Å². The Morgan fingerprint density at radius 3 is 2.77 bits per heavy atom. The smallest absolute Gasteiger partial charge is 0.246 e. The van der Waals surface area contributed by atoms with Gasteiger partial charge in [-0.05, 0) is 35.9 Å². The first-order valence-corrected chi connectivity index (χ1v) is 11.5. The third-order valence-corrected chi connectivity index (χ3v) is 6.72. The van der Waals surface area contributed by atoms with E-state index in [1.165, 1.54) is 4.70 Å². The molecule has 0 N–H and O–H groups in total. The van der Waals surface area contributed by atoms with Crippen molar-refractivity contribution in [1.29, 1.82) is 0 Å². The summed E-state index contributed by atoms with van der Waals surface area (Å²) in [6.45, 7) is 4.90. The van der Waals surface area contributed by atoms with Gasteiger partial charge in [0.15, 0.2) is 11.5 Å². The summed E-state index contributed by atoms with van der Waals surface area (Å²) < 4.78 is 12.4. The summed E-state index contributed by atoms with van der Waals surface area (Å²) in [5.41, 5.74) is 1.87. The predicted molar refractivity (Wildman–Crippen MR) is 123 cm³/mol. The lowest BCUT2D eigenvalue weighted by Gasteiger charge is -2.33. The minimum absolute atomic E-state index is 0.00523. The van der Waals surface area contributed by atoms with Crippen LogP contribution in [0.1, 0.15) is 10.6 Å². The molecule has 1 saturated heterocycles. The first-order valence-electron chi connectivity index (χ1n) is 10.3. The van der Waals surface area contributed by atoms with E-state index in [2.05, 4.69) is 11.0 Å². The van der Waals surface area contributed by atoms with Crippen molar-refractivity contribution in [3.63, 3.8) is 0 Å². The Labute approximate surface area is 189 Å². The number of benzene rings is 2. The molecule has 6 nitrogen and oxygen atoms in total. The molecule has 0 unspecified atom stereocenters. The van der Waals surface area contributed by atoms with Crippen molar-refractivity contribution in [3.8, 4) is 11.5 Å². The highest BCUT2D eigenvalue weighted by Gasteiger charge is 2.21. The average molecular weight is 456 g/mol. The van der Waals surface area contributed by atoms with E-state index in [9.17, 15) is 4.79 Å². The molecule has 5 rings (SSSR count). The zero-order valence-corrected chi connectivity index (χ0v) is 18.5. The SMILES string of the molecule is O=C(/C=C/c1cc(Cl)c2c(c1)OCCO2)N1CCN(Cc2nc3ccccc3s2)CC1. The molecular formula is C23H22ClN3O3S. The molecule has 0 atom stereocenters. The maximum atomic E-state index is 12.6. The molecule has 31 heavy (non-hydrogen) atoms. The average Bonchev–Trinajstić information content (AvgIpc) is 3.20. The fraction of sp³-hybridized carbons (Fsp3) is 0.304. The number of thiazole rings is 1. The molecule has 2 aliphatic rings. The highest BCUT2D eigenvalue weighted by Crippen LogP contribution is 2.38. The van der Waals surface area contributed by atoms with Crippen LogP contribution in [0.5, 0.6) is 11.5 Å². The standard InChI is InChI=1S/C23H22ClN3O3S/c24-17-13-16(14-19-23(17)30-12-11-29-19)5-6-22(28)27-9-7-26(8-10-27)15-21-25-18-3-1-2-4-20(18)31-21/h1-6,13-14H,7-12,15H2/b6-5+. The van der Waals surface area contributed by atoms with Gasteiger partial charge in [0.25, 0.3) is 0 Å². The van der Waals surface area contributed by atoms with Gasteiger partial charge in [0, 0.05) is 32.3 Å². The second kappa shape index (κ2) is 8.86. The van der Waals surface area contributed by atoms with Crippen molar-refractivity contribution >= 4 is 45.1 Å². The minimum Gasteiger partial charge on any atom is -0.486 e. The summed E-state index contributed by atoms with van der Waals surface area (Å²) in [6.07, 6.45) is 3.38. The fourth-order valence-electron chi connectivity index (χ4n) is 3.81. The number of carbonyl (C=O) groups is 1. The maximum absolute atomic E-state index is 12.6. The lowest BCUT2D eigenvalue weighted by atomic mass is 10.1. The molecule has 0 spiro atoms. The molecule has 8 heteroatoms. The Kier molecular flexibility index (Phi) is 5.80. The summed E-state index contributed by atoms with van der Waals surface area (Å²) in [6, 6.07) is 11.8. The van der Waals surface area contributed by atoms with Crippen molar-refractivity contribution in [2.24, 2.45) is 0 Å². The molecule has 0 radical (unpaired) electrons.